The molecule has 0 radical (unpaired) electrons. The van der Waals surface area contributed by atoms with Crippen molar-refractivity contribution in [3.05, 3.63) is 56.4 Å². The van der Waals surface area contributed by atoms with Crippen LogP contribution in [0.15, 0.2) is 36.5 Å². The normalized spacial score (nSPS) is 10.8. The van der Waals surface area contributed by atoms with E-state index in [9.17, 15) is 0 Å². The van der Waals surface area contributed by atoms with Crippen molar-refractivity contribution < 1.29 is 0 Å². The van der Waals surface area contributed by atoms with Crippen LogP contribution >= 0.6 is 46.1 Å². The Morgan fingerprint density at radius 1 is 1.10 bits per heavy atom. The van der Waals surface area contributed by atoms with E-state index < -0.39 is 0 Å². The molecule has 2 aromatic heterocycles. The van der Waals surface area contributed by atoms with Gasteiger partial charge in [-0.15, -0.1) is 0 Å². The number of benzene rings is 1. The number of hydrogen-bond acceptors (Lipinski definition) is 4. The number of aromatic nitrogens is 3. The molecule has 0 bridgehead atoms. The summed E-state index contributed by atoms with van der Waals surface area (Å²) >= 11 is 19.4. The Morgan fingerprint density at radius 3 is 2.43 bits per heavy atom. The summed E-state index contributed by atoms with van der Waals surface area (Å²) in [5, 5.41) is 14.2. The third-order valence-corrected chi connectivity index (χ3v) is 4.30. The van der Waals surface area contributed by atoms with Crippen LogP contribution in [0.1, 0.15) is 0 Å². The fourth-order valence-electron chi connectivity index (χ4n) is 1.77. The SMILES string of the molecule is N=c1sc(-c2ccccn2)nn1-c1c(Cl)cc(Cl)cc1Cl. The van der Waals surface area contributed by atoms with Gasteiger partial charge in [0, 0.05) is 11.2 Å². The van der Waals surface area contributed by atoms with Gasteiger partial charge in [0.1, 0.15) is 11.4 Å². The van der Waals surface area contributed by atoms with Crippen LogP contribution < -0.4 is 4.80 Å². The number of hydrogen-bond donors (Lipinski definition) is 1. The molecule has 0 aliphatic rings. The Bertz CT molecular complexity index is 834. The molecule has 0 fully saturated rings. The van der Waals surface area contributed by atoms with Gasteiger partial charge in [-0.05, 0) is 24.3 Å². The van der Waals surface area contributed by atoms with Gasteiger partial charge in [-0.1, -0.05) is 52.2 Å². The summed E-state index contributed by atoms with van der Waals surface area (Å²) in [7, 11) is 0. The van der Waals surface area contributed by atoms with Crippen LogP contribution in [-0.2, 0) is 0 Å². The molecule has 3 rings (SSSR count). The molecule has 21 heavy (non-hydrogen) atoms. The van der Waals surface area contributed by atoms with Gasteiger partial charge in [0.15, 0.2) is 5.01 Å². The van der Waals surface area contributed by atoms with E-state index in [4.69, 9.17) is 40.2 Å². The molecule has 1 aromatic carbocycles. The molecule has 3 aromatic rings. The molecule has 0 unspecified atom stereocenters. The van der Waals surface area contributed by atoms with Gasteiger partial charge < -0.3 is 0 Å². The molecule has 0 spiro atoms. The Balaban J connectivity index is 2.18. The number of nitrogens with zero attached hydrogens (tertiary/aromatic N) is 3. The Labute approximate surface area is 139 Å². The first-order chi connectivity index (χ1) is 10.1. The molecule has 0 saturated heterocycles. The van der Waals surface area contributed by atoms with E-state index in [1.807, 2.05) is 18.2 Å². The summed E-state index contributed by atoms with van der Waals surface area (Å²) in [6.45, 7) is 0. The minimum Gasteiger partial charge on any atom is -0.273 e. The number of nitrogens with one attached hydrogen (secondary N) is 1. The van der Waals surface area contributed by atoms with E-state index in [1.54, 1.807) is 18.3 Å². The zero-order valence-corrected chi connectivity index (χ0v) is 13.4. The van der Waals surface area contributed by atoms with Gasteiger partial charge in [0.25, 0.3) is 0 Å². The molecular weight excluding hydrogens is 351 g/mol. The van der Waals surface area contributed by atoms with Crippen LogP contribution in [0.4, 0.5) is 0 Å². The lowest BCUT2D eigenvalue weighted by Gasteiger charge is -2.06. The Kier molecular flexibility index (Phi) is 3.99. The van der Waals surface area contributed by atoms with Gasteiger partial charge >= 0.3 is 0 Å². The van der Waals surface area contributed by atoms with Crippen LogP contribution in [0.25, 0.3) is 16.4 Å². The van der Waals surface area contributed by atoms with E-state index in [-0.39, 0.29) is 4.80 Å². The van der Waals surface area contributed by atoms with Gasteiger partial charge in [0.2, 0.25) is 4.80 Å². The second-order valence-corrected chi connectivity index (χ2v) is 6.29. The standard InChI is InChI=1S/C13H7Cl3N4S/c14-7-5-8(15)11(9(16)6-7)20-13(17)21-12(19-20)10-3-1-2-4-18-10/h1-6,17H. The molecule has 0 aliphatic heterocycles. The van der Waals surface area contributed by atoms with Crippen molar-refractivity contribution in [2.45, 2.75) is 0 Å². The maximum absolute atomic E-state index is 8.07. The first-order valence-electron chi connectivity index (χ1n) is 5.77. The molecule has 0 aliphatic carbocycles. The first-order valence-corrected chi connectivity index (χ1v) is 7.72. The molecule has 0 amide bonds. The zero-order chi connectivity index (χ0) is 15.0. The summed E-state index contributed by atoms with van der Waals surface area (Å²) in [6.07, 6.45) is 1.67. The highest BCUT2D eigenvalue weighted by Gasteiger charge is 2.15. The maximum atomic E-state index is 8.07. The van der Waals surface area contributed by atoms with Crippen LogP contribution in [0.2, 0.25) is 15.1 Å². The van der Waals surface area contributed by atoms with Crippen molar-refractivity contribution >= 4 is 46.1 Å². The van der Waals surface area contributed by atoms with Crippen molar-refractivity contribution in [3.63, 3.8) is 0 Å². The largest absolute Gasteiger partial charge is 0.273 e. The minimum absolute atomic E-state index is 0.196. The summed E-state index contributed by atoms with van der Waals surface area (Å²) in [5.41, 5.74) is 1.13. The lowest BCUT2D eigenvalue weighted by molar-refractivity contribution is 0.824. The number of rotatable bonds is 2. The van der Waals surface area contributed by atoms with Crippen molar-refractivity contribution in [2.24, 2.45) is 0 Å². The minimum atomic E-state index is 0.196. The Hall–Kier alpha value is -1.40. The molecule has 0 atom stereocenters. The van der Waals surface area contributed by atoms with Crippen molar-refractivity contribution in [1.29, 1.82) is 5.41 Å². The molecule has 8 heteroatoms. The smallest absolute Gasteiger partial charge is 0.205 e. The fraction of sp³-hybridized carbons (Fsp3) is 0. The molecule has 106 valence electrons. The third kappa shape index (κ3) is 2.82. The average molecular weight is 358 g/mol. The second kappa shape index (κ2) is 5.77. The molecular formula is C13H7Cl3N4S. The summed E-state index contributed by atoms with van der Waals surface area (Å²) in [4.78, 5) is 4.42. The Morgan fingerprint density at radius 2 is 1.81 bits per heavy atom. The lowest BCUT2D eigenvalue weighted by Crippen LogP contribution is -2.13. The first kappa shape index (κ1) is 14.5. The number of halogens is 3. The van der Waals surface area contributed by atoms with E-state index in [1.165, 1.54) is 16.0 Å². The summed E-state index contributed by atoms with van der Waals surface area (Å²) in [6, 6.07) is 8.64. The topological polar surface area (TPSA) is 54.6 Å². The molecule has 0 saturated carbocycles. The number of pyridine rings is 1. The highest BCUT2D eigenvalue weighted by Crippen LogP contribution is 2.32. The molecule has 2 heterocycles. The quantitative estimate of drug-likeness (QED) is 0.737. The van der Waals surface area contributed by atoms with Gasteiger partial charge in [-0.25, -0.2) is 4.68 Å². The highest BCUT2D eigenvalue weighted by atomic mass is 35.5. The van der Waals surface area contributed by atoms with Gasteiger partial charge in [0.05, 0.1) is 10.0 Å². The zero-order valence-electron chi connectivity index (χ0n) is 10.3. The van der Waals surface area contributed by atoms with Gasteiger partial charge in [-0.3, -0.25) is 10.4 Å². The predicted molar refractivity (Wildman–Crippen MR) is 85.6 cm³/mol. The summed E-state index contributed by atoms with van der Waals surface area (Å²) in [5.74, 6) is 0. The van der Waals surface area contributed by atoms with E-state index in [0.29, 0.717) is 31.5 Å². The monoisotopic (exact) mass is 356 g/mol. The van der Waals surface area contributed by atoms with Crippen molar-refractivity contribution in [2.75, 3.05) is 0 Å². The van der Waals surface area contributed by atoms with Crippen LogP contribution in [-0.4, -0.2) is 14.8 Å². The maximum Gasteiger partial charge on any atom is 0.205 e. The fourth-order valence-corrected chi connectivity index (χ4v) is 3.50. The van der Waals surface area contributed by atoms with E-state index >= 15 is 0 Å². The second-order valence-electron chi connectivity index (χ2n) is 4.06. The molecule has 4 nitrogen and oxygen atoms in total. The lowest BCUT2D eigenvalue weighted by atomic mass is 10.3. The summed E-state index contributed by atoms with van der Waals surface area (Å²) < 4.78 is 1.38. The highest BCUT2D eigenvalue weighted by molar-refractivity contribution is 7.12. The van der Waals surface area contributed by atoms with Gasteiger partial charge in [-0.2, -0.15) is 5.10 Å². The molecule has 1 N–H and O–H groups in total. The van der Waals surface area contributed by atoms with E-state index in [0.717, 1.165) is 0 Å². The van der Waals surface area contributed by atoms with Crippen molar-refractivity contribution in [3.8, 4) is 16.4 Å². The van der Waals surface area contributed by atoms with E-state index in [2.05, 4.69) is 10.1 Å². The average Bonchev–Trinajstić information content (AvgIpc) is 2.81. The van der Waals surface area contributed by atoms with Crippen LogP contribution in [0.5, 0.6) is 0 Å². The van der Waals surface area contributed by atoms with Crippen LogP contribution in [0.3, 0.4) is 0 Å². The predicted octanol–water partition coefficient (Wildman–Crippen LogP) is 4.44. The van der Waals surface area contributed by atoms with Crippen molar-refractivity contribution in [1.82, 2.24) is 14.8 Å². The van der Waals surface area contributed by atoms with Crippen LogP contribution in [0, 0.1) is 5.41 Å². The third-order valence-electron chi connectivity index (χ3n) is 2.65.